The van der Waals surface area contributed by atoms with E-state index in [1.807, 2.05) is 11.6 Å². The summed E-state index contributed by atoms with van der Waals surface area (Å²) >= 11 is 0. The topological polar surface area (TPSA) is 128 Å². The molecule has 3 heterocycles. The lowest BCUT2D eigenvalue weighted by atomic mass is 9.93. The summed E-state index contributed by atoms with van der Waals surface area (Å²) in [5.74, 6) is 0.147. The molecule has 1 aliphatic heterocycles. The normalized spacial score (nSPS) is 22.8. The number of aromatic nitrogens is 4. The molecule has 1 aromatic carbocycles. The van der Waals surface area contributed by atoms with Crippen molar-refractivity contribution in [3.8, 4) is 5.69 Å². The number of amides is 1. The van der Waals surface area contributed by atoms with Gasteiger partial charge < -0.3 is 16.0 Å². The van der Waals surface area contributed by atoms with Crippen LogP contribution in [0.2, 0.25) is 0 Å². The summed E-state index contributed by atoms with van der Waals surface area (Å²) in [5.41, 5.74) is 4.81. The van der Waals surface area contributed by atoms with E-state index in [0.29, 0.717) is 24.4 Å². The Balaban J connectivity index is 1.38. The van der Waals surface area contributed by atoms with Gasteiger partial charge in [0.2, 0.25) is 5.91 Å². The molecule has 214 valence electrons. The molecule has 2 atom stereocenters. The molecular weight excluding hydrogens is 547 g/mol. The number of anilines is 1. The molecule has 2 saturated carbocycles. The summed E-state index contributed by atoms with van der Waals surface area (Å²) in [6.07, 6.45) is 1.82. The molecule has 0 radical (unpaired) electrons. The van der Waals surface area contributed by atoms with Crippen molar-refractivity contribution in [1.29, 1.82) is 0 Å². The van der Waals surface area contributed by atoms with Gasteiger partial charge >= 0.3 is 6.18 Å². The number of benzene rings is 1. The zero-order valence-electron chi connectivity index (χ0n) is 21.8. The highest BCUT2D eigenvalue weighted by atomic mass is 32.2. The molecule has 2 aliphatic carbocycles. The van der Waals surface area contributed by atoms with Gasteiger partial charge in [0.25, 0.3) is 0 Å². The Labute approximate surface area is 229 Å². The van der Waals surface area contributed by atoms with Crippen LogP contribution in [0.5, 0.6) is 0 Å². The number of rotatable bonds is 7. The number of hydrogen-bond acceptors (Lipinski definition) is 7. The second kappa shape index (κ2) is 9.33. The molecule has 10 nitrogen and oxygen atoms in total. The van der Waals surface area contributed by atoms with Crippen LogP contribution >= 0.6 is 0 Å². The van der Waals surface area contributed by atoms with Crippen LogP contribution < -0.4 is 16.0 Å². The Hall–Kier alpha value is -3.39. The number of carbonyl (C=O) groups is 1. The lowest BCUT2D eigenvalue weighted by molar-refractivity contribution is -0.139. The van der Waals surface area contributed by atoms with E-state index in [0.717, 1.165) is 31.4 Å². The summed E-state index contributed by atoms with van der Waals surface area (Å²) in [4.78, 5) is 14.3. The molecule has 6 rings (SSSR count). The minimum atomic E-state index is -4.93. The smallest absolute Gasteiger partial charge is 0.343 e. The average Bonchev–Trinajstić information content (AvgIpc) is 3.29. The van der Waals surface area contributed by atoms with Gasteiger partial charge in [-0.15, -0.1) is 0 Å². The molecule has 3 aliphatic rings. The third-order valence-electron chi connectivity index (χ3n) is 8.06. The minimum absolute atomic E-state index is 0.0825. The minimum Gasteiger partial charge on any atom is -0.343 e. The van der Waals surface area contributed by atoms with Gasteiger partial charge in [0.15, 0.2) is 9.84 Å². The van der Waals surface area contributed by atoms with Crippen molar-refractivity contribution in [2.45, 2.75) is 79.5 Å². The summed E-state index contributed by atoms with van der Waals surface area (Å²) < 4.78 is 73.5. The van der Waals surface area contributed by atoms with Crippen molar-refractivity contribution in [2.75, 3.05) is 11.4 Å². The van der Waals surface area contributed by atoms with Crippen LogP contribution in [0.1, 0.15) is 55.8 Å². The number of carbonyl (C=O) groups excluding carboxylic acids is 1. The molecule has 14 heteroatoms. The Kier molecular flexibility index (Phi) is 6.26. The highest BCUT2D eigenvalue weighted by Crippen LogP contribution is 2.42. The van der Waals surface area contributed by atoms with Crippen molar-refractivity contribution in [2.24, 2.45) is 5.73 Å². The second-order valence-electron chi connectivity index (χ2n) is 11.0. The summed E-state index contributed by atoms with van der Waals surface area (Å²) in [6.45, 7) is 1.65. The van der Waals surface area contributed by atoms with Crippen LogP contribution in [0.3, 0.4) is 0 Å². The van der Waals surface area contributed by atoms with Crippen molar-refractivity contribution < 1.29 is 26.4 Å². The fourth-order valence-electron chi connectivity index (χ4n) is 5.46. The van der Waals surface area contributed by atoms with Crippen LogP contribution in [-0.4, -0.2) is 57.4 Å². The number of nitrogens with zero attached hydrogens (tertiary/aromatic N) is 5. The average molecular weight is 578 g/mol. The van der Waals surface area contributed by atoms with Gasteiger partial charge in [-0.05, 0) is 69.7 Å². The van der Waals surface area contributed by atoms with Gasteiger partial charge in [-0.1, -0.05) is 0 Å². The number of sulfone groups is 1. The molecule has 3 aromatic rings. The van der Waals surface area contributed by atoms with Crippen LogP contribution in [-0.2, 0) is 20.8 Å². The Morgan fingerprint density at radius 3 is 2.55 bits per heavy atom. The monoisotopic (exact) mass is 577 g/mol. The molecule has 3 N–H and O–H groups in total. The first-order valence-electron chi connectivity index (χ1n) is 13.2. The van der Waals surface area contributed by atoms with Crippen LogP contribution in [0, 0.1) is 6.92 Å². The Morgan fingerprint density at radius 1 is 1.20 bits per heavy atom. The maximum absolute atomic E-state index is 14.2. The van der Waals surface area contributed by atoms with Gasteiger partial charge in [-0.3, -0.25) is 4.79 Å². The molecule has 40 heavy (non-hydrogen) atoms. The molecule has 0 bridgehead atoms. The van der Waals surface area contributed by atoms with E-state index in [4.69, 9.17) is 5.73 Å². The zero-order chi connectivity index (χ0) is 28.4. The largest absolute Gasteiger partial charge is 0.417 e. The predicted molar refractivity (Wildman–Crippen MR) is 139 cm³/mol. The molecule has 1 saturated heterocycles. The quantitative estimate of drug-likeness (QED) is 0.413. The van der Waals surface area contributed by atoms with E-state index < -0.39 is 49.3 Å². The standard InChI is InChI=1S/C26H30F3N7O3S/c1-16-12-23(36(33-16)17-4-2-5-17)34-15-19(14-21(34)24(37)32-25(30)8-9-25)40(38,39)22-7-6-18(35-11-3-10-31-35)13-20(22)26(27,28)29/h3,6-7,10-13,17,19,21H,2,4-5,8-9,14-15,30H2,1H3,(H,32,37)/t19-,21+/m1/s1. The van der Waals surface area contributed by atoms with Gasteiger partial charge in [-0.25, -0.2) is 17.8 Å². The molecular formula is C26H30F3N7O3S. The molecule has 0 spiro atoms. The fourth-order valence-corrected chi connectivity index (χ4v) is 7.35. The molecule has 1 amide bonds. The van der Waals surface area contributed by atoms with Crippen molar-refractivity contribution in [3.05, 3.63) is 54.0 Å². The molecule has 3 fully saturated rings. The van der Waals surface area contributed by atoms with Gasteiger partial charge in [-0.2, -0.15) is 23.4 Å². The van der Waals surface area contributed by atoms with Crippen molar-refractivity contribution in [1.82, 2.24) is 24.9 Å². The number of alkyl halides is 3. The predicted octanol–water partition coefficient (Wildman–Crippen LogP) is 3.11. The van der Waals surface area contributed by atoms with E-state index in [-0.39, 0.29) is 24.7 Å². The van der Waals surface area contributed by atoms with E-state index in [2.05, 4.69) is 15.5 Å². The second-order valence-corrected chi connectivity index (χ2v) is 13.2. The van der Waals surface area contributed by atoms with Gasteiger partial charge in [0.05, 0.1) is 38.8 Å². The number of halogens is 3. The number of aryl methyl sites for hydroxylation is 1. The highest BCUT2D eigenvalue weighted by Gasteiger charge is 2.49. The first kappa shape index (κ1) is 26.8. The lowest BCUT2D eigenvalue weighted by Gasteiger charge is -2.32. The van der Waals surface area contributed by atoms with Crippen LogP contribution in [0.25, 0.3) is 5.69 Å². The van der Waals surface area contributed by atoms with Gasteiger partial charge in [0, 0.05) is 25.0 Å². The summed E-state index contributed by atoms with van der Waals surface area (Å²) in [5, 5.41) is 10.1. The van der Waals surface area contributed by atoms with Gasteiger partial charge in [0.1, 0.15) is 11.9 Å². The summed E-state index contributed by atoms with van der Waals surface area (Å²) in [6, 6.07) is 5.60. The molecule has 2 aromatic heterocycles. The summed E-state index contributed by atoms with van der Waals surface area (Å²) in [7, 11) is -4.52. The Morgan fingerprint density at radius 2 is 1.95 bits per heavy atom. The third kappa shape index (κ3) is 4.76. The maximum Gasteiger partial charge on any atom is 0.417 e. The van der Waals surface area contributed by atoms with E-state index in [9.17, 15) is 26.4 Å². The Bertz CT molecular complexity index is 1540. The zero-order valence-corrected chi connectivity index (χ0v) is 22.6. The number of hydrogen-bond donors (Lipinski definition) is 2. The maximum atomic E-state index is 14.2. The number of nitrogens with two attached hydrogens (primary N) is 1. The van der Waals surface area contributed by atoms with Crippen LogP contribution in [0.15, 0.2) is 47.6 Å². The fraction of sp³-hybridized carbons (Fsp3) is 0.500. The van der Waals surface area contributed by atoms with Crippen LogP contribution in [0.4, 0.5) is 19.0 Å². The van der Waals surface area contributed by atoms with E-state index >= 15 is 0 Å². The third-order valence-corrected chi connectivity index (χ3v) is 10.3. The first-order chi connectivity index (χ1) is 18.9. The highest BCUT2D eigenvalue weighted by molar-refractivity contribution is 7.92. The lowest BCUT2D eigenvalue weighted by Crippen LogP contribution is -2.52. The SMILES string of the molecule is Cc1cc(N2C[C@H](S(=O)(=O)c3ccc(-n4cccn4)cc3C(F)(F)F)C[C@H]2C(=O)NC2(N)CC2)n(C2CCC2)n1. The molecule has 0 unspecified atom stereocenters. The first-order valence-corrected chi connectivity index (χ1v) is 14.8. The number of nitrogens with one attached hydrogen (secondary N) is 1. The van der Waals surface area contributed by atoms with E-state index in [1.54, 1.807) is 17.0 Å². The van der Waals surface area contributed by atoms with Crippen molar-refractivity contribution >= 4 is 21.6 Å². The van der Waals surface area contributed by atoms with Crippen molar-refractivity contribution in [3.63, 3.8) is 0 Å². The van der Waals surface area contributed by atoms with E-state index in [1.165, 1.54) is 23.1 Å².